The van der Waals surface area contributed by atoms with E-state index >= 15 is 4.39 Å². The van der Waals surface area contributed by atoms with Gasteiger partial charge >= 0.3 is 0 Å². The van der Waals surface area contributed by atoms with Crippen molar-refractivity contribution < 1.29 is 13.9 Å². The molecule has 3 heterocycles. The second-order valence-electron chi connectivity index (χ2n) is 8.98. The minimum atomic E-state index is -0.583. The van der Waals surface area contributed by atoms with E-state index in [1.807, 2.05) is 6.07 Å². The molecule has 7 nitrogen and oxygen atoms in total. The van der Waals surface area contributed by atoms with Gasteiger partial charge in [-0.05, 0) is 62.3 Å². The largest absolute Gasteiger partial charge is 0.489 e. The van der Waals surface area contributed by atoms with Crippen molar-refractivity contribution in [3.05, 3.63) is 41.4 Å². The van der Waals surface area contributed by atoms with E-state index < -0.39 is 5.82 Å². The Labute approximate surface area is 189 Å². The van der Waals surface area contributed by atoms with Crippen LogP contribution in [0.1, 0.15) is 32.1 Å². The molecule has 0 unspecified atom stereocenters. The Kier molecular flexibility index (Phi) is 4.80. The first-order valence-electron chi connectivity index (χ1n) is 11.0. The number of pyridine rings is 1. The smallest absolute Gasteiger partial charge is 0.214 e. The highest BCUT2D eigenvalue weighted by molar-refractivity contribution is 6.32. The third-order valence-electron chi connectivity index (χ3n) is 6.63. The summed E-state index contributed by atoms with van der Waals surface area (Å²) >= 11 is 6.30. The summed E-state index contributed by atoms with van der Waals surface area (Å²) in [5, 5.41) is 6.24. The average Bonchev–Trinajstić information content (AvgIpc) is 3.41. The monoisotopic (exact) mass is 455 g/mol. The van der Waals surface area contributed by atoms with Crippen molar-refractivity contribution >= 4 is 34.1 Å². The fourth-order valence-electron chi connectivity index (χ4n) is 4.58. The zero-order valence-corrected chi connectivity index (χ0v) is 18.2. The van der Waals surface area contributed by atoms with Gasteiger partial charge in [0.25, 0.3) is 0 Å². The van der Waals surface area contributed by atoms with Crippen LogP contribution in [0, 0.1) is 11.2 Å². The Bertz CT molecular complexity index is 1170. The van der Waals surface area contributed by atoms with E-state index in [9.17, 15) is 0 Å². The molecule has 2 saturated carbocycles. The maximum Gasteiger partial charge on any atom is 0.214 e. The molecule has 1 saturated heterocycles. The summed E-state index contributed by atoms with van der Waals surface area (Å²) in [6.07, 6.45) is 7.17. The Morgan fingerprint density at radius 2 is 1.97 bits per heavy atom. The summed E-state index contributed by atoms with van der Waals surface area (Å²) < 4.78 is 26.9. The molecule has 1 aromatic carbocycles. The highest BCUT2D eigenvalue weighted by atomic mass is 35.5. The first-order chi connectivity index (χ1) is 15.6. The lowest BCUT2D eigenvalue weighted by atomic mass is 9.79. The predicted octanol–water partition coefficient (Wildman–Crippen LogP) is 4.62. The molecule has 0 amide bonds. The van der Waals surface area contributed by atoms with Gasteiger partial charge in [0, 0.05) is 12.6 Å². The molecular weight excluding hydrogens is 433 g/mol. The molecule has 6 rings (SSSR count). The molecule has 1 aliphatic heterocycles. The van der Waals surface area contributed by atoms with Gasteiger partial charge in [0.15, 0.2) is 11.6 Å². The van der Waals surface area contributed by atoms with E-state index in [2.05, 4.69) is 25.6 Å². The zero-order chi connectivity index (χ0) is 21.7. The van der Waals surface area contributed by atoms with Gasteiger partial charge in [-0.25, -0.2) is 19.3 Å². The molecule has 2 aromatic heterocycles. The number of nitrogens with zero attached hydrogens (tertiary/aromatic N) is 3. The van der Waals surface area contributed by atoms with Gasteiger partial charge in [-0.15, -0.1) is 0 Å². The van der Waals surface area contributed by atoms with Gasteiger partial charge in [0.05, 0.1) is 17.3 Å². The molecule has 32 heavy (non-hydrogen) atoms. The molecular formula is C23H23ClFN5O2. The number of nitrogens with one attached hydrogen (secondary N) is 2. The minimum Gasteiger partial charge on any atom is -0.489 e. The summed E-state index contributed by atoms with van der Waals surface area (Å²) in [4.78, 5) is 13.1. The Balaban J connectivity index is 1.23. The second-order valence-corrected chi connectivity index (χ2v) is 9.36. The number of aromatic nitrogens is 3. The van der Waals surface area contributed by atoms with Gasteiger partial charge in [0.1, 0.15) is 28.7 Å². The highest BCUT2D eigenvalue weighted by Crippen LogP contribution is 2.61. The van der Waals surface area contributed by atoms with Crippen molar-refractivity contribution in [2.24, 2.45) is 5.41 Å². The summed E-state index contributed by atoms with van der Waals surface area (Å²) in [5.74, 6) is 0.658. The number of fused-ring (bicyclic) bond motifs is 1. The number of ether oxygens (including phenoxy) is 2. The molecule has 9 heteroatoms. The van der Waals surface area contributed by atoms with E-state index in [4.69, 9.17) is 21.1 Å². The highest BCUT2D eigenvalue weighted by Gasteiger charge is 2.54. The maximum absolute atomic E-state index is 15.1. The van der Waals surface area contributed by atoms with Crippen LogP contribution in [-0.2, 0) is 0 Å². The predicted molar refractivity (Wildman–Crippen MR) is 119 cm³/mol. The van der Waals surface area contributed by atoms with Crippen LogP contribution in [0.3, 0.4) is 0 Å². The Morgan fingerprint density at radius 3 is 2.75 bits per heavy atom. The fraction of sp³-hybridized carbons (Fsp3) is 0.435. The van der Waals surface area contributed by atoms with Crippen molar-refractivity contribution in [3.8, 4) is 11.6 Å². The van der Waals surface area contributed by atoms with E-state index in [0.717, 1.165) is 32.4 Å². The summed E-state index contributed by atoms with van der Waals surface area (Å²) in [6.45, 7) is 1.71. The summed E-state index contributed by atoms with van der Waals surface area (Å²) in [7, 11) is 0. The van der Waals surface area contributed by atoms with Crippen molar-refractivity contribution in [2.45, 2.75) is 44.3 Å². The topological polar surface area (TPSA) is 81.2 Å². The average molecular weight is 456 g/mol. The third kappa shape index (κ3) is 3.71. The molecule has 166 valence electrons. The van der Waals surface area contributed by atoms with Crippen LogP contribution in [0.2, 0.25) is 5.02 Å². The van der Waals surface area contributed by atoms with E-state index in [-0.39, 0.29) is 22.9 Å². The number of halogens is 2. The van der Waals surface area contributed by atoms with Crippen LogP contribution < -0.4 is 20.1 Å². The lowest BCUT2D eigenvalue weighted by Crippen LogP contribution is -2.35. The molecule has 0 bridgehead atoms. The first kappa shape index (κ1) is 19.9. The molecule has 1 spiro atoms. The van der Waals surface area contributed by atoms with Crippen molar-refractivity contribution in [3.63, 3.8) is 0 Å². The number of rotatable bonds is 6. The summed E-state index contributed by atoms with van der Waals surface area (Å²) in [5.41, 5.74) is 1.83. The van der Waals surface area contributed by atoms with Crippen molar-refractivity contribution in [1.82, 2.24) is 20.3 Å². The van der Waals surface area contributed by atoms with Crippen LogP contribution in [0.5, 0.6) is 11.6 Å². The molecule has 0 radical (unpaired) electrons. The Morgan fingerprint density at radius 1 is 1.09 bits per heavy atom. The molecule has 3 aliphatic rings. The SMILES string of the molecule is Fc1c(Nc2ncnc3ccc(O[C@H]4CCNC4)nc23)ccc(OC2CC3(CC3)C2)c1Cl. The molecule has 2 N–H and O–H groups in total. The first-order valence-corrected chi connectivity index (χ1v) is 11.4. The number of hydrogen-bond donors (Lipinski definition) is 2. The molecule has 3 aromatic rings. The van der Waals surface area contributed by atoms with E-state index in [1.54, 1.807) is 18.2 Å². The molecule has 2 aliphatic carbocycles. The summed E-state index contributed by atoms with van der Waals surface area (Å²) in [6, 6.07) is 6.91. The van der Waals surface area contributed by atoms with Crippen molar-refractivity contribution in [1.29, 1.82) is 0 Å². The zero-order valence-electron chi connectivity index (χ0n) is 17.4. The van der Waals surface area contributed by atoms with Gasteiger partial charge in [-0.3, -0.25) is 0 Å². The third-order valence-corrected chi connectivity index (χ3v) is 6.98. The lowest BCUT2D eigenvalue weighted by molar-refractivity contribution is 0.0503. The van der Waals surface area contributed by atoms with Gasteiger partial charge in [-0.2, -0.15) is 0 Å². The van der Waals surface area contributed by atoms with Crippen LogP contribution in [0.15, 0.2) is 30.6 Å². The van der Waals surface area contributed by atoms with Gasteiger partial charge in [0.2, 0.25) is 5.88 Å². The number of benzene rings is 1. The standard InChI is InChI=1S/C23H23ClFN5O2/c24-19-17(31-14-9-23(10-14)6-7-23)3-1-15(20(19)25)29-22-21-16(27-12-28-22)2-4-18(30-21)32-13-5-8-26-11-13/h1-4,12-14,26H,5-11H2,(H,27,28,29)/t13-/m0/s1. The molecule has 1 atom stereocenters. The number of anilines is 2. The fourth-order valence-corrected chi connectivity index (χ4v) is 4.79. The second kappa shape index (κ2) is 7.71. The maximum atomic E-state index is 15.1. The van der Waals surface area contributed by atoms with Crippen molar-refractivity contribution in [2.75, 3.05) is 18.4 Å². The lowest BCUT2D eigenvalue weighted by Gasteiger charge is -2.36. The van der Waals surface area contributed by atoms with Crippen LogP contribution in [0.25, 0.3) is 11.0 Å². The van der Waals surface area contributed by atoms with Crippen LogP contribution in [0.4, 0.5) is 15.9 Å². The quantitative estimate of drug-likeness (QED) is 0.561. The van der Waals surface area contributed by atoms with Gasteiger partial charge in [-0.1, -0.05) is 11.6 Å². The minimum absolute atomic E-state index is 0.0316. The normalized spacial score (nSPS) is 21.5. The molecule has 3 fully saturated rings. The van der Waals surface area contributed by atoms with Crippen LogP contribution >= 0.6 is 11.6 Å². The Hall–Kier alpha value is -2.71. The van der Waals surface area contributed by atoms with E-state index in [0.29, 0.717) is 33.9 Å². The van der Waals surface area contributed by atoms with Crippen LogP contribution in [-0.4, -0.2) is 40.2 Å². The number of hydrogen-bond acceptors (Lipinski definition) is 7. The van der Waals surface area contributed by atoms with E-state index in [1.165, 1.54) is 19.2 Å². The van der Waals surface area contributed by atoms with Gasteiger partial charge < -0.3 is 20.1 Å².